The molecule has 0 unspecified atom stereocenters. The fourth-order valence-corrected chi connectivity index (χ4v) is 4.07. The lowest BCUT2D eigenvalue weighted by Crippen LogP contribution is -1.89. The summed E-state index contributed by atoms with van der Waals surface area (Å²) in [4.78, 5) is 0. The van der Waals surface area contributed by atoms with Gasteiger partial charge in [-0.05, 0) is 75.2 Å². The van der Waals surface area contributed by atoms with Gasteiger partial charge >= 0.3 is 0 Å². The van der Waals surface area contributed by atoms with Crippen LogP contribution >= 0.6 is 0 Å². The summed E-state index contributed by atoms with van der Waals surface area (Å²) in [5.41, 5.74) is 9.03. The SMILES string of the molecule is Cc1c(O)ccc2cc(-c3cccc4c3Cc3ccccc3-4)ccc12. The molecule has 1 nitrogen and oxygen atoms in total. The molecule has 1 aliphatic rings. The van der Waals surface area contributed by atoms with Crippen LogP contribution < -0.4 is 0 Å². The molecule has 4 aromatic carbocycles. The Labute approximate surface area is 147 Å². The number of benzene rings is 4. The van der Waals surface area contributed by atoms with Crippen molar-refractivity contribution in [2.24, 2.45) is 0 Å². The monoisotopic (exact) mass is 322 g/mol. The Kier molecular flexibility index (Phi) is 2.98. The van der Waals surface area contributed by atoms with E-state index >= 15 is 0 Å². The standard InChI is InChI=1S/C24H18O/c1-15-19-11-9-18(13-17(19)10-12-24(15)25)21-7-4-8-22-20-6-3-2-5-16(20)14-23(21)22/h2-13,25H,14H2,1H3. The van der Waals surface area contributed by atoms with Crippen molar-refractivity contribution in [3.8, 4) is 28.0 Å². The lowest BCUT2D eigenvalue weighted by atomic mass is 9.93. The summed E-state index contributed by atoms with van der Waals surface area (Å²) in [6.45, 7) is 1.97. The summed E-state index contributed by atoms with van der Waals surface area (Å²) < 4.78 is 0. The van der Waals surface area contributed by atoms with Gasteiger partial charge < -0.3 is 5.11 Å². The first-order chi connectivity index (χ1) is 12.2. The highest BCUT2D eigenvalue weighted by atomic mass is 16.3. The van der Waals surface area contributed by atoms with Gasteiger partial charge in [-0.1, -0.05) is 60.7 Å². The molecule has 4 aromatic rings. The van der Waals surface area contributed by atoms with Crippen molar-refractivity contribution in [2.45, 2.75) is 13.3 Å². The van der Waals surface area contributed by atoms with Gasteiger partial charge in [0.25, 0.3) is 0 Å². The number of hydrogen-bond donors (Lipinski definition) is 1. The second kappa shape index (κ2) is 5.22. The molecule has 0 radical (unpaired) electrons. The third-order valence-electron chi connectivity index (χ3n) is 5.42. The minimum absolute atomic E-state index is 0.358. The Bertz CT molecular complexity index is 1140. The number of rotatable bonds is 1. The Morgan fingerprint density at radius 3 is 2.48 bits per heavy atom. The Morgan fingerprint density at radius 2 is 1.56 bits per heavy atom. The van der Waals surface area contributed by atoms with Crippen molar-refractivity contribution in [3.05, 3.63) is 89.5 Å². The molecule has 25 heavy (non-hydrogen) atoms. The first kappa shape index (κ1) is 14.3. The van der Waals surface area contributed by atoms with Crippen LogP contribution in [0.3, 0.4) is 0 Å². The third-order valence-corrected chi connectivity index (χ3v) is 5.42. The zero-order valence-corrected chi connectivity index (χ0v) is 14.1. The van der Waals surface area contributed by atoms with Gasteiger partial charge in [-0.25, -0.2) is 0 Å². The van der Waals surface area contributed by atoms with Crippen LogP contribution in [0.15, 0.2) is 72.8 Å². The predicted molar refractivity (Wildman–Crippen MR) is 104 cm³/mol. The van der Waals surface area contributed by atoms with Crippen LogP contribution in [0.1, 0.15) is 16.7 Å². The molecule has 0 aliphatic heterocycles. The summed E-state index contributed by atoms with van der Waals surface area (Å²) in [5, 5.41) is 12.2. The highest BCUT2D eigenvalue weighted by molar-refractivity contribution is 5.93. The topological polar surface area (TPSA) is 20.2 Å². The highest BCUT2D eigenvalue weighted by Crippen LogP contribution is 2.42. The number of phenols is 1. The fourth-order valence-electron chi connectivity index (χ4n) is 4.07. The molecule has 0 heterocycles. The van der Waals surface area contributed by atoms with Gasteiger partial charge in [0, 0.05) is 0 Å². The molecule has 1 N–H and O–H groups in total. The van der Waals surface area contributed by atoms with Gasteiger partial charge in [0.2, 0.25) is 0 Å². The quantitative estimate of drug-likeness (QED) is 0.396. The number of fused-ring (bicyclic) bond motifs is 4. The predicted octanol–water partition coefficient (Wildman–Crippen LogP) is 6.09. The molecule has 0 bridgehead atoms. The molecule has 0 aromatic heterocycles. The maximum absolute atomic E-state index is 9.93. The van der Waals surface area contributed by atoms with Crippen LogP contribution in [0.25, 0.3) is 33.0 Å². The molecule has 5 rings (SSSR count). The second-order valence-electron chi connectivity index (χ2n) is 6.81. The molecule has 120 valence electrons. The van der Waals surface area contributed by atoms with Crippen molar-refractivity contribution >= 4 is 10.8 Å². The van der Waals surface area contributed by atoms with Crippen LogP contribution in [0.4, 0.5) is 0 Å². The summed E-state index contributed by atoms with van der Waals surface area (Å²) in [6, 6.07) is 25.6. The Morgan fingerprint density at radius 1 is 0.760 bits per heavy atom. The minimum Gasteiger partial charge on any atom is -0.508 e. The molecule has 0 fully saturated rings. The van der Waals surface area contributed by atoms with Crippen molar-refractivity contribution in [1.82, 2.24) is 0 Å². The van der Waals surface area contributed by atoms with E-state index in [-0.39, 0.29) is 0 Å². The summed E-state index contributed by atoms with van der Waals surface area (Å²) >= 11 is 0. The van der Waals surface area contributed by atoms with Crippen molar-refractivity contribution < 1.29 is 5.11 Å². The van der Waals surface area contributed by atoms with E-state index < -0.39 is 0 Å². The van der Waals surface area contributed by atoms with Crippen molar-refractivity contribution in [2.75, 3.05) is 0 Å². The molecular weight excluding hydrogens is 304 g/mol. The van der Waals surface area contributed by atoms with Gasteiger partial charge in [0.1, 0.15) is 5.75 Å². The van der Waals surface area contributed by atoms with Crippen LogP contribution in [0.5, 0.6) is 5.75 Å². The smallest absolute Gasteiger partial charge is 0.119 e. The lowest BCUT2D eigenvalue weighted by Gasteiger charge is -2.11. The van der Waals surface area contributed by atoms with Crippen LogP contribution in [-0.2, 0) is 6.42 Å². The maximum Gasteiger partial charge on any atom is 0.119 e. The molecule has 0 saturated carbocycles. The van der Waals surface area contributed by atoms with Gasteiger partial charge in [0.15, 0.2) is 0 Å². The first-order valence-electron chi connectivity index (χ1n) is 8.65. The lowest BCUT2D eigenvalue weighted by molar-refractivity contribution is 0.472. The fraction of sp³-hybridized carbons (Fsp3) is 0.0833. The molecule has 0 saturated heterocycles. The minimum atomic E-state index is 0.358. The van der Waals surface area contributed by atoms with E-state index in [1.165, 1.54) is 38.8 Å². The van der Waals surface area contributed by atoms with E-state index in [0.717, 1.165) is 17.4 Å². The summed E-state index contributed by atoms with van der Waals surface area (Å²) in [7, 11) is 0. The Hall–Kier alpha value is -3.06. The van der Waals surface area contributed by atoms with E-state index in [0.29, 0.717) is 5.75 Å². The second-order valence-corrected chi connectivity index (χ2v) is 6.81. The van der Waals surface area contributed by atoms with E-state index in [1.807, 2.05) is 13.0 Å². The molecule has 0 atom stereocenters. The zero-order chi connectivity index (χ0) is 17.0. The number of aryl methyl sites for hydroxylation is 1. The molecule has 0 amide bonds. The summed E-state index contributed by atoms with van der Waals surface area (Å²) in [6.07, 6.45) is 0.994. The first-order valence-corrected chi connectivity index (χ1v) is 8.65. The van der Waals surface area contributed by atoms with E-state index in [9.17, 15) is 5.11 Å². The van der Waals surface area contributed by atoms with Crippen LogP contribution in [0, 0.1) is 6.92 Å². The van der Waals surface area contributed by atoms with E-state index in [2.05, 4.69) is 60.7 Å². The zero-order valence-electron chi connectivity index (χ0n) is 14.1. The van der Waals surface area contributed by atoms with Crippen molar-refractivity contribution in [3.63, 3.8) is 0 Å². The molecular formula is C24H18O. The molecule has 0 spiro atoms. The average Bonchev–Trinajstić information content (AvgIpc) is 3.03. The van der Waals surface area contributed by atoms with Crippen LogP contribution in [0.2, 0.25) is 0 Å². The summed E-state index contributed by atoms with van der Waals surface area (Å²) in [5.74, 6) is 0.358. The van der Waals surface area contributed by atoms with Crippen molar-refractivity contribution in [1.29, 1.82) is 0 Å². The van der Waals surface area contributed by atoms with Crippen LogP contribution in [-0.4, -0.2) is 5.11 Å². The highest BCUT2D eigenvalue weighted by Gasteiger charge is 2.21. The van der Waals surface area contributed by atoms with Gasteiger partial charge in [-0.2, -0.15) is 0 Å². The van der Waals surface area contributed by atoms with Gasteiger partial charge in [0.05, 0.1) is 0 Å². The maximum atomic E-state index is 9.93. The van der Waals surface area contributed by atoms with E-state index in [1.54, 1.807) is 6.07 Å². The van der Waals surface area contributed by atoms with Gasteiger partial charge in [-0.3, -0.25) is 0 Å². The average molecular weight is 322 g/mol. The van der Waals surface area contributed by atoms with Gasteiger partial charge in [-0.15, -0.1) is 0 Å². The largest absolute Gasteiger partial charge is 0.508 e. The third kappa shape index (κ3) is 2.09. The molecule has 1 heteroatoms. The number of hydrogen-bond acceptors (Lipinski definition) is 1. The van der Waals surface area contributed by atoms with E-state index in [4.69, 9.17) is 0 Å². The molecule has 1 aliphatic carbocycles. The number of aromatic hydroxyl groups is 1. The Balaban J connectivity index is 1.71. The number of phenolic OH excluding ortho intramolecular Hbond substituents is 1. The normalized spacial score (nSPS) is 12.2.